The molecule has 48 heavy (non-hydrogen) atoms. The van der Waals surface area contributed by atoms with E-state index in [1.54, 1.807) is 23.8 Å². The van der Waals surface area contributed by atoms with Crippen LogP contribution in [0, 0.1) is 11.4 Å². The van der Waals surface area contributed by atoms with Crippen LogP contribution in [0.2, 0.25) is 0 Å². The van der Waals surface area contributed by atoms with E-state index in [0.29, 0.717) is 0 Å². The Morgan fingerprint density at radius 3 is 2.21 bits per heavy atom. The first kappa shape index (κ1) is 31.2. The third-order valence-corrected chi connectivity index (χ3v) is 8.87. The number of para-hydroxylation sites is 2. The number of rotatable bonds is 5. The maximum Gasteiger partial charge on any atom is 0.133 e. The molecule has 0 unspecified atom stereocenters. The molecule has 0 saturated heterocycles. The third kappa shape index (κ3) is 6.29. The van der Waals surface area contributed by atoms with E-state index in [4.69, 9.17) is 9.40 Å². The summed E-state index contributed by atoms with van der Waals surface area (Å²) in [5.41, 5.74) is 9.56. The van der Waals surface area contributed by atoms with Crippen LogP contribution in [0.5, 0.6) is 0 Å². The van der Waals surface area contributed by atoms with Crippen molar-refractivity contribution in [2.45, 2.75) is 0 Å². The molecular formula is C42H27IrN3OS-2. The smallest absolute Gasteiger partial charge is 0.133 e. The first-order valence-electron chi connectivity index (χ1n) is 15.3. The average molecular weight is 814 g/mol. The van der Waals surface area contributed by atoms with Crippen LogP contribution in [0.15, 0.2) is 169 Å². The zero-order valence-corrected chi connectivity index (χ0v) is 28.8. The molecular weight excluding hydrogens is 787 g/mol. The molecule has 0 saturated carbocycles. The first-order valence-corrected chi connectivity index (χ1v) is 16.1. The quantitative estimate of drug-likeness (QED) is 0.163. The van der Waals surface area contributed by atoms with Gasteiger partial charge in [0.1, 0.15) is 5.76 Å². The maximum atomic E-state index is 5.65. The second kappa shape index (κ2) is 14.2. The fourth-order valence-corrected chi connectivity index (χ4v) is 6.52. The Bertz CT molecular complexity index is 2350. The molecule has 0 bridgehead atoms. The Balaban J connectivity index is 0.000000237. The Morgan fingerprint density at radius 2 is 1.44 bits per heavy atom. The summed E-state index contributed by atoms with van der Waals surface area (Å²) in [6, 6.07) is 54.6. The Morgan fingerprint density at radius 1 is 0.667 bits per heavy atom. The van der Waals surface area contributed by atoms with Crippen LogP contribution in [-0.2, 0) is 20.1 Å². The van der Waals surface area contributed by atoms with Gasteiger partial charge < -0.3 is 14.0 Å². The van der Waals surface area contributed by atoms with Crippen molar-refractivity contribution in [3.8, 4) is 50.8 Å². The standard InChI is InChI=1S/C31H19N2OS.C11H8N.Ir/c1-2-7-21(8-3-1)22-12-15-24(16-13-22)33-28-10-5-4-9-27(28)32-31(33)26-20-35-30-17-14-23(19-25(26)30)29-11-6-18-34-29;1-2-6-10(7-3-1)11-8-4-5-9-12-11;/h1-19H;1-6,8-9H;/q2*-1;. The van der Waals surface area contributed by atoms with E-state index < -0.39 is 0 Å². The number of thiophene rings is 1. The molecule has 9 aromatic rings. The van der Waals surface area contributed by atoms with Crippen LogP contribution < -0.4 is 0 Å². The molecule has 6 heteroatoms. The number of fused-ring (bicyclic) bond motifs is 2. The van der Waals surface area contributed by atoms with Crippen molar-refractivity contribution >= 4 is 32.5 Å². The number of nitrogens with zero attached hydrogens (tertiary/aromatic N) is 3. The van der Waals surface area contributed by atoms with Gasteiger partial charge in [0.2, 0.25) is 0 Å². The van der Waals surface area contributed by atoms with E-state index in [1.807, 2.05) is 66.7 Å². The summed E-state index contributed by atoms with van der Waals surface area (Å²) >= 11 is 1.62. The maximum absolute atomic E-state index is 5.65. The minimum atomic E-state index is 0. The zero-order valence-electron chi connectivity index (χ0n) is 25.6. The SMILES string of the molecule is [Ir].[c-]1ccccc1-c1ccccn1.[c-]1sc2ccc(-c3ccco3)cc2c1-c1nc2ccccc2n1-c1ccc(-c2ccccc2)cc1. The van der Waals surface area contributed by atoms with Crippen LogP contribution in [0.3, 0.4) is 0 Å². The van der Waals surface area contributed by atoms with E-state index in [9.17, 15) is 0 Å². The molecule has 9 rings (SSSR count). The third-order valence-electron chi connectivity index (χ3n) is 7.98. The number of hydrogen-bond donors (Lipinski definition) is 0. The second-order valence-corrected chi connectivity index (χ2v) is 11.8. The summed E-state index contributed by atoms with van der Waals surface area (Å²) in [4.78, 5) is 9.29. The summed E-state index contributed by atoms with van der Waals surface area (Å²) in [5.74, 6) is 1.75. The topological polar surface area (TPSA) is 43.9 Å². The summed E-state index contributed by atoms with van der Waals surface area (Å²) in [6.45, 7) is 0. The average Bonchev–Trinajstić information content (AvgIpc) is 3.92. The number of aromatic nitrogens is 3. The van der Waals surface area contributed by atoms with Crippen molar-refractivity contribution in [3.05, 3.63) is 176 Å². The predicted octanol–water partition coefficient (Wildman–Crippen LogP) is 11.2. The largest absolute Gasteiger partial charge is 0.464 e. The Kier molecular flexibility index (Phi) is 9.21. The summed E-state index contributed by atoms with van der Waals surface area (Å²) in [7, 11) is 0. The van der Waals surface area contributed by atoms with E-state index in [0.717, 1.165) is 56.1 Å². The molecule has 0 amide bonds. The zero-order chi connectivity index (χ0) is 31.4. The molecule has 4 aromatic heterocycles. The number of pyridine rings is 1. The fourth-order valence-electron chi connectivity index (χ4n) is 5.70. The van der Waals surface area contributed by atoms with Crippen LogP contribution in [0.1, 0.15) is 0 Å². The van der Waals surface area contributed by atoms with Crippen LogP contribution >= 0.6 is 11.3 Å². The van der Waals surface area contributed by atoms with Crippen molar-refractivity contribution in [1.82, 2.24) is 14.5 Å². The number of imidazole rings is 1. The van der Waals surface area contributed by atoms with Gasteiger partial charge in [-0.25, -0.2) is 0 Å². The van der Waals surface area contributed by atoms with Crippen LogP contribution in [0.4, 0.5) is 0 Å². The second-order valence-electron chi connectivity index (χ2n) is 10.9. The van der Waals surface area contributed by atoms with E-state index in [-0.39, 0.29) is 20.1 Å². The monoisotopic (exact) mass is 814 g/mol. The van der Waals surface area contributed by atoms with Gasteiger partial charge in [0.15, 0.2) is 0 Å². The van der Waals surface area contributed by atoms with Crippen molar-refractivity contribution in [1.29, 1.82) is 0 Å². The number of hydrogen-bond acceptors (Lipinski definition) is 4. The number of furan rings is 1. The van der Waals surface area contributed by atoms with Gasteiger partial charge in [-0.2, -0.15) is 0 Å². The van der Waals surface area contributed by atoms with Gasteiger partial charge in [0, 0.05) is 37.6 Å². The van der Waals surface area contributed by atoms with Gasteiger partial charge >= 0.3 is 0 Å². The summed E-state index contributed by atoms with van der Waals surface area (Å²) in [5, 5.41) is 4.66. The molecule has 0 aliphatic rings. The minimum absolute atomic E-state index is 0. The predicted molar refractivity (Wildman–Crippen MR) is 192 cm³/mol. The van der Waals surface area contributed by atoms with Crippen molar-refractivity contribution in [2.24, 2.45) is 0 Å². The summed E-state index contributed by atoms with van der Waals surface area (Å²) < 4.78 is 9.06. The van der Waals surface area contributed by atoms with Crippen LogP contribution in [0.25, 0.3) is 71.9 Å². The summed E-state index contributed by atoms with van der Waals surface area (Å²) in [6.07, 6.45) is 3.49. The number of benzene rings is 5. The minimum Gasteiger partial charge on any atom is -0.464 e. The molecule has 4 heterocycles. The first-order chi connectivity index (χ1) is 23.3. The van der Waals surface area contributed by atoms with E-state index in [1.165, 1.54) is 15.8 Å². The van der Waals surface area contributed by atoms with Gasteiger partial charge in [0.25, 0.3) is 0 Å². The van der Waals surface area contributed by atoms with Gasteiger partial charge in [-0.3, -0.25) is 16.3 Å². The molecule has 0 aliphatic carbocycles. The molecule has 0 N–H and O–H groups in total. The fraction of sp³-hybridized carbons (Fsp3) is 0. The molecule has 233 valence electrons. The van der Waals surface area contributed by atoms with Crippen molar-refractivity contribution in [3.63, 3.8) is 0 Å². The van der Waals surface area contributed by atoms with Crippen molar-refractivity contribution < 1.29 is 24.5 Å². The van der Waals surface area contributed by atoms with Crippen molar-refractivity contribution in [2.75, 3.05) is 0 Å². The molecule has 0 fully saturated rings. The normalized spacial score (nSPS) is 10.8. The van der Waals surface area contributed by atoms with E-state index in [2.05, 4.69) is 106 Å². The van der Waals surface area contributed by atoms with Gasteiger partial charge in [-0.1, -0.05) is 101 Å². The molecule has 1 radical (unpaired) electrons. The Hall–Kier alpha value is -5.39. The molecule has 0 atom stereocenters. The van der Waals surface area contributed by atoms with Crippen LogP contribution in [-0.4, -0.2) is 14.5 Å². The van der Waals surface area contributed by atoms with Gasteiger partial charge in [-0.15, -0.1) is 41.3 Å². The molecule has 4 nitrogen and oxygen atoms in total. The molecule has 0 aliphatic heterocycles. The molecule has 5 aromatic carbocycles. The molecule has 0 spiro atoms. The van der Waals surface area contributed by atoms with Gasteiger partial charge in [-0.05, 0) is 59.3 Å². The Labute approximate surface area is 296 Å². The van der Waals surface area contributed by atoms with Gasteiger partial charge in [0.05, 0.1) is 23.1 Å². The van der Waals surface area contributed by atoms with E-state index >= 15 is 0 Å².